The number of hydrogen-bond acceptors (Lipinski definition) is 4. The van der Waals surface area contributed by atoms with Gasteiger partial charge in [-0.3, -0.25) is 4.79 Å². The van der Waals surface area contributed by atoms with Crippen LogP contribution in [0, 0.1) is 5.92 Å². The number of hydrogen-bond donors (Lipinski definition) is 1. The van der Waals surface area contributed by atoms with Crippen LogP contribution in [0.15, 0.2) is 36.4 Å². The minimum absolute atomic E-state index is 0.249. The summed E-state index contributed by atoms with van der Waals surface area (Å²) in [7, 11) is 3.01. The highest BCUT2D eigenvalue weighted by molar-refractivity contribution is 5.88. The van der Waals surface area contributed by atoms with Gasteiger partial charge in [-0.25, -0.2) is 0 Å². The smallest absolute Gasteiger partial charge is 0.310 e. The molecule has 0 aromatic heterocycles. The lowest BCUT2D eigenvalue weighted by atomic mass is 9.94. The zero-order chi connectivity index (χ0) is 14.5. The summed E-state index contributed by atoms with van der Waals surface area (Å²) >= 11 is 0. The zero-order valence-corrected chi connectivity index (χ0v) is 11.8. The Labute approximate surface area is 118 Å². The summed E-state index contributed by atoms with van der Waals surface area (Å²) in [5, 5.41) is 2.19. The van der Waals surface area contributed by atoms with Crippen LogP contribution in [0.5, 0.6) is 5.75 Å². The fourth-order valence-electron chi connectivity index (χ4n) is 2.39. The minimum Gasteiger partial charge on any atom is -0.496 e. The maximum absolute atomic E-state index is 11.7. The van der Waals surface area contributed by atoms with Crippen molar-refractivity contribution in [2.24, 2.45) is 11.7 Å². The molecule has 0 bridgehead atoms. The summed E-state index contributed by atoms with van der Waals surface area (Å²) in [6, 6.07) is 11.9. The van der Waals surface area contributed by atoms with Crippen LogP contribution in [0.1, 0.15) is 5.56 Å². The van der Waals surface area contributed by atoms with Gasteiger partial charge < -0.3 is 15.2 Å². The Hall–Kier alpha value is -2.07. The van der Waals surface area contributed by atoms with E-state index in [2.05, 4.69) is 0 Å². The number of esters is 1. The third kappa shape index (κ3) is 2.75. The highest BCUT2D eigenvalue weighted by Gasteiger charge is 2.21. The molecule has 0 aliphatic rings. The van der Waals surface area contributed by atoms with Crippen molar-refractivity contribution >= 4 is 16.7 Å². The Balaban J connectivity index is 2.48. The Morgan fingerprint density at radius 1 is 1.20 bits per heavy atom. The van der Waals surface area contributed by atoms with E-state index in [1.165, 1.54) is 7.11 Å². The molecule has 0 heterocycles. The van der Waals surface area contributed by atoms with Crippen molar-refractivity contribution in [3.63, 3.8) is 0 Å². The first-order valence-corrected chi connectivity index (χ1v) is 6.53. The van der Waals surface area contributed by atoms with E-state index in [-0.39, 0.29) is 18.4 Å². The third-order valence-corrected chi connectivity index (χ3v) is 3.49. The number of carbonyl (C=O) groups is 1. The van der Waals surface area contributed by atoms with Crippen molar-refractivity contribution in [1.82, 2.24) is 0 Å². The number of ether oxygens (including phenoxy) is 2. The molecule has 0 aliphatic heterocycles. The second-order valence-electron chi connectivity index (χ2n) is 4.63. The quantitative estimate of drug-likeness (QED) is 0.848. The molecule has 2 aromatic carbocycles. The molecular formula is C16H19NO3. The van der Waals surface area contributed by atoms with Gasteiger partial charge in [0.25, 0.3) is 0 Å². The lowest BCUT2D eigenvalue weighted by Crippen LogP contribution is -2.27. The first-order valence-electron chi connectivity index (χ1n) is 6.53. The van der Waals surface area contributed by atoms with Crippen LogP contribution in [0.3, 0.4) is 0 Å². The maximum atomic E-state index is 11.7. The van der Waals surface area contributed by atoms with Gasteiger partial charge in [0.2, 0.25) is 0 Å². The summed E-state index contributed by atoms with van der Waals surface area (Å²) < 4.78 is 10.2. The highest BCUT2D eigenvalue weighted by Crippen LogP contribution is 2.30. The van der Waals surface area contributed by atoms with Crippen LogP contribution in [0.4, 0.5) is 0 Å². The second-order valence-corrected chi connectivity index (χ2v) is 4.63. The van der Waals surface area contributed by atoms with Gasteiger partial charge in [-0.05, 0) is 23.3 Å². The maximum Gasteiger partial charge on any atom is 0.310 e. The van der Waals surface area contributed by atoms with Gasteiger partial charge in [0, 0.05) is 12.1 Å². The number of nitrogens with two attached hydrogens (primary N) is 1. The summed E-state index contributed by atoms with van der Waals surface area (Å²) in [6.07, 6.45) is 0.508. The molecule has 1 atom stereocenters. The summed E-state index contributed by atoms with van der Waals surface area (Å²) in [4.78, 5) is 11.7. The number of fused-ring (bicyclic) bond motifs is 1. The standard InChI is InChI=1S/C16H19NO3/c1-19-15-8-7-11-5-3-4-6-13(11)14(15)9-12(10-17)16(18)20-2/h3-8,12H,9-10,17H2,1-2H3. The average molecular weight is 273 g/mol. The predicted molar refractivity (Wildman–Crippen MR) is 78.8 cm³/mol. The van der Waals surface area contributed by atoms with E-state index >= 15 is 0 Å². The molecule has 0 saturated heterocycles. The van der Waals surface area contributed by atoms with Crippen LogP contribution in [0.25, 0.3) is 10.8 Å². The van der Waals surface area contributed by atoms with Crippen molar-refractivity contribution < 1.29 is 14.3 Å². The first kappa shape index (κ1) is 14.3. The molecule has 1 unspecified atom stereocenters. The normalized spacial score (nSPS) is 12.2. The fourth-order valence-corrected chi connectivity index (χ4v) is 2.39. The molecule has 0 saturated carbocycles. The van der Waals surface area contributed by atoms with Crippen molar-refractivity contribution in [2.75, 3.05) is 20.8 Å². The van der Waals surface area contributed by atoms with Crippen LogP contribution in [-0.4, -0.2) is 26.7 Å². The Kier molecular flexibility index (Phi) is 4.58. The van der Waals surface area contributed by atoms with Crippen LogP contribution in [-0.2, 0) is 16.0 Å². The monoisotopic (exact) mass is 273 g/mol. The Morgan fingerprint density at radius 2 is 1.95 bits per heavy atom. The van der Waals surface area contributed by atoms with Gasteiger partial charge in [0.15, 0.2) is 0 Å². The molecule has 0 aliphatic carbocycles. The summed E-state index contributed by atoms with van der Waals surface area (Å²) in [6.45, 7) is 0.249. The molecule has 4 nitrogen and oxygen atoms in total. The van der Waals surface area contributed by atoms with Crippen molar-refractivity contribution in [2.45, 2.75) is 6.42 Å². The fraction of sp³-hybridized carbons (Fsp3) is 0.312. The summed E-state index contributed by atoms with van der Waals surface area (Å²) in [5.41, 5.74) is 6.68. The minimum atomic E-state index is -0.361. The first-order chi connectivity index (χ1) is 9.71. The molecule has 0 spiro atoms. The van der Waals surface area contributed by atoms with Gasteiger partial charge in [0.05, 0.1) is 20.1 Å². The Bertz CT molecular complexity index is 610. The molecule has 2 rings (SSSR count). The molecule has 0 amide bonds. The lowest BCUT2D eigenvalue weighted by Gasteiger charge is -2.16. The van der Waals surface area contributed by atoms with Gasteiger partial charge in [-0.2, -0.15) is 0 Å². The highest BCUT2D eigenvalue weighted by atomic mass is 16.5. The predicted octanol–water partition coefficient (Wildman–Crippen LogP) is 2.14. The third-order valence-electron chi connectivity index (χ3n) is 3.49. The van der Waals surface area contributed by atoms with E-state index in [0.717, 1.165) is 22.1 Å². The van der Waals surface area contributed by atoms with Gasteiger partial charge in [-0.15, -0.1) is 0 Å². The molecule has 2 N–H and O–H groups in total. The second kappa shape index (κ2) is 6.39. The number of rotatable bonds is 5. The van der Waals surface area contributed by atoms with E-state index in [0.29, 0.717) is 6.42 Å². The van der Waals surface area contributed by atoms with Gasteiger partial charge >= 0.3 is 5.97 Å². The Morgan fingerprint density at radius 3 is 2.60 bits per heavy atom. The summed E-state index contributed by atoms with van der Waals surface area (Å²) in [5.74, 6) is 0.119. The van der Waals surface area contributed by atoms with E-state index in [4.69, 9.17) is 15.2 Å². The van der Waals surface area contributed by atoms with E-state index in [1.807, 2.05) is 36.4 Å². The van der Waals surface area contributed by atoms with Gasteiger partial charge in [0.1, 0.15) is 5.75 Å². The SMILES string of the molecule is COC(=O)C(CN)Cc1c(OC)ccc2ccccc12. The van der Waals surface area contributed by atoms with Crippen LogP contribution in [0.2, 0.25) is 0 Å². The zero-order valence-electron chi connectivity index (χ0n) is 11.8. The molecule has 2 aromatic rings. The average Bonchev–Trinajstić information content (AvgIpc) is 2.51. The molecule has 106 valence electrons. The van der Waals surface area contributed by atoms with Crippen molar-refractivity contribution in [3.05, 3.63) is 42.0 Å². The molecule has 20 heavy (non-hydrogen) atoms. The van der Waals surface area contributed by atoms with Gasteiger partial charge in [-0.1, -0.05) is 30.3 Å². The van der Waals surface area contributed by atoms with E-state index in [1.54, 1.807) is 7.11 Å². The number of benzene rings is 2. The molecule has 0 radical (unpaired) electrons. The molecule has 4 heteroatoms. The van der Waals surface area contributed by atoms with Crippen LogP contribution >= 0.6 is 0 Å². The molecule has 0 fully saturated rings. The lowest BCUT2D eigenvalue weighted by molar-refractivity contribution is -0.145. The van der Waals surface area contributed by atoms with Crippen molar-refractivity contribution in [3.8, 4) is 5.75 Å². The van der Waals surface area contributed by atoms with E-state index in [9.17, 15) is 4.79 Å². The van der Waals surface area contributed by atoms with Crippen LogP contribution < -0.4 is 10.5 Å². The van der Waals surface area contributed by atoms with Crippen molar-refractivity contribution in [1.29, 1.82) is 0 Å². The number of methoxy groups -OCH3 is 2. The van der Waals surface area contributed by atoms with E-state index < -0.39 is 0 Å². The molecular weight excluding hydrogens is 254 g/mol. The number of carbonyl (C=O) groups excluding carboxylic acids is 1. The topological polar surface area (TPSA) is 61.5 Å². The largest absolute Gasteiger partial charge is 0.496 e.